The first-order chi connectivity index (χ1) is 13.5. The Balaban J connectivity index is 4.42. The fourth-order valence-electron chi connectivity index (χ4n) is 2.17. The Bertz CT molecular complexity index is 592. The first kappa shape index (κ1) is 26.4. The Morgan fingerprint density at radius 2 is 1.10 bits per heavy atom. The Kier molecular flexibility index (Phi) is 12.3. The molecule has 0 bridgehead atoms. The molecule has 0 aliphatic carbocycles. The molecular formula is C19H35N5O5. The fourth-order valence-corrected chi connectivity index (χ4v) is 2.17. The predicted molar refractivity (Wildman–Crippen MR) is 108 cm³/mol. The lowest BCUT2D eigenvalue weighted by Crippen LogP contribution is -2.53. The van der Waals surface area contributed by atoms with Gasteiger partial charge in [0.25, 0.3) is 0 Å². The smallest absolute Gasteiger partial charge is 0.243 e. The van der Waals surface area contributed by atoms with Gasteiger partial charge in [-0.1, -0.05) is 34.6 Å². The van der Waals surface area contributed by atoms with Crippen LogP contribution in [0.4, 0.5) is 0 Å². The maximum atomic E-state index is 12.2. The maximum Gasteiger partial charge on any atom is 0.243 e. The van der Waals surface area contributed by atoms with Crippen LogP contribution < -0.4 is 26.6 Å². The third-order valence-corrected chi connectivity index (χ3v) is 4.35. The second-order valence-corrected chi connectivity index (χ2v) is 7.49. The predicted octanol–water partition coefficient (Wildman–Crippen LogP) is -1.10. The molecule has 0 spiro atoms. The van der Waals surface area contributed by atoms with E-state index in [0.29, 0.717) is 6.54 Å². The van der Waals surface area contributed by atoms with Crippen LogP contribution in [0.3, 0.4) is 0 Å². The second-order valence-electron chi connectivity index (χ2n) is 7.49. The van der Waals surface area contributed by atoms with Gasteiger partial charge < -0.3 is 26.6 Å². The van der Waals surface area contributed by atoms with Crippen LogP contribution in [0.1, 0.15) is 41.5 Å². The normalized spacial score (nSPS) is 12.7. The molecule has 29 heavy (non-hydrogen) atoms. The van der Waals surface area contributed by atoms with Crippen molar-refractivity contribution < 1.29 is 24.0 Å². The Labute approximate surface area is 172 Å². The highest BCUT2D eigenvalue weighted by atomic mass is 16.2. The van der Waals surface area contributed by atoms with E-state index >= 15 is 0 Å². The average Bonchev–Trinajstić information content (AvgIpc) is 2.65. The molecule has 166 valence electrons. The first-order valence-electron chi connectivity index (χ1n) is 9.87. The van der Waals surface area contributed by atoms with Crippen LogP contribution in [0.2, 0.25) is 0 Å². The summed E-state index contributed by atoms with van der Waals surface area (Å²) in [7, 11) is 0. The van der Waals surface area contributed by atoms with Gasteiger partial charge in [-0.2, -0.15) is 0 Å². The van der Waals surface area contributed by atoms with Gasteiger partial charge in [-0.05, 0) is 18.8 Å². The summed E-state index contributed by atoms with van der Waals surface area (Å²) in [6, 6.07) is -0.847. The highest BCUT2D eigenvalue weighted by molar-refractivity contribution is 5.92. The van der Waals surface area contributed by atoms with Crippen LogP contribution in [0.25, 0.3) is 0 Å². The minimum Gasteiger partial charge on any atom is -0.355 e. The quantitative estimate of drug-likeness (QED) is 0.276. The summed E-state index contributed by atoms with van der Waals surface area (Å²) < 4.78 is 0. The number of rotatable bonds is 12. The molecule has 0 aliphatic rings. The highest BCUT2D eigenvalue weighted by Gasteiger charge is 2.24. The van der Waals surface area contributed by atoms with Gasteiger partial charge in [0.05, 0.1) is 19.6 Å². The van der Waals surface area contributed by atoms with E-state index in [1.165, 1.54) is 0 Å². The van der Waals surface area contributed by atoms with E-state index in [0.717, 1.165) is 0 Å². The number of nitrogens with one attached hydrogen (secondary N) is 5. The number of carbonyl (C=O) groups excluding carboxylic acids is 5. The molecule has 10 nitrogen and oxygen atoms in total. The van der Waals surface area contributed by atoms with Gasteiger partial charge in [0.15, 0.2) is 0 Å². The molecule has 0 rings (SSSR count). The largest absolute Gasteiger partial charge is 0.355 e. The fraction of sp³-hybridized carbons (Fsp3) is 0.737. The zero-order valence-corrected chi connectivity index (χ0v) is 18.2. The molecule has 0 heterocycles. The summed E-state index contributed by atoms with van der Waals surface area (Å²) in [6.45, 7) is 10.6. The van der Waals surface area contributed by atoms with E-state index in [-0.39, 0.29) is 49.2 Å². The van der Waals surface area contributed by atoms with Crippen molar-refractivity contribution in [3.63, 3.8) is 0 Å². The molecule has 5 N–H and O–H groups in total. The van der Waals surface area contributed by atoms with Crippen molar-refractivity contribution in [2.24, 2.45) is 17.8 Å². The molecule has 2 atom stereocenters. The number of amides is 5. The van der Waals surface area contributed by atoms with Crippen molar-refractivity contribution in [2.45, 2.75) is 47.6 Å². The van der Waals surface area contributed by atoms with E-state index in [9.17, 15) is 24.0 Å². The third-order valence-electron chi connectivity index (χ3n) is 4.35. The first-order valence-corrected chi connectivity index (χ1v) is 9.87. The number of likely N-dealkylation sites (N-methyl/N-ethyl adjacent to an activating group) is 1. The second kappa shape index (κ2) is 13.5. The van der Waals surface area contributed by atoms with E-state index in [2.05, 4.69) is 26.6 Å². The van der Waals surface area contributed by atoms with E-state index < -0.39 is 23.8 Å². The number of hydrogen-bond acceptors (Lipinski definition) is 5. The van der Waals surface area contributed by atoms with Gasteiger partial charge in [-0.3, -0.25) is 24.0 Å². The molecule has 2 unspecified atom stereocenters. The standard InChI is InChI=1S/C19H35N5O5/c1-7-20-14(25)8-23-19(29)17(12(4)5)24-16(27)10-21-15(26)9-22-18(28)13(6)11(2)3/h11-13,17H,7-10H2,1-6H3,(H,20,25)(H,21,26)(H,22,28)(H,23,29)(H,24,27). The molecule has 0 aromatic heterocycles. The lowest BCUT2D eigenvalue weighted by Gasteiger charge is -2.21. The third kappa shape index (κ3) is 11.1. The summed E-state index contributed by atoms with van der Waals surface area (Å²) >= 11 is 0. The zero-order chi connectivity index (χ0) is 22.6. The van der Waals surface area contributed by atoms with Crippen LogP contribution in [0.5, 0.6) is 0 Å². The zero-order valence-electron chi connectivity index (χ0n) is 18.2. The molecular weight excluding hydrogens is 378 g/mol. The lowest BCUT2D eigenvalue weighted by atomic mass is 9.97. The van der Waals surface area contributed by atoms with E-state index in [1.54, 1.807) is 27.7 Å². The van der Waals surface area contributed by atoms with Crippen LogP contribution in [-0.4, -0.2) is 61.8 Å². The maximum absolute atomic E-state index is 12.2. The van der Waals surface area contributed by atoms with Gasteiger partial charge in [0, 0.05) is 12.5 Å². The SMILES string of the molecule is CCNC(=O)CNC(=O)C(NC(=O)CNC(=O)CNC(=O)C(C)C(C)C)C(C)C. The van der Waals surface area contributed by atoms with Crippen molar-refractivity contribution in [3.05, 3.63) is 0 Å². The van der Waals surface area contributed by atoms with Crippen LogP contribution in [0.15, 0.2) is 0 Å². The van der Waals surface area contributed by atoms with Gasteiger partial charge in [0.1, 0.15) is 6.04 Å². The molecule has 0 aliphatic heterocycles. The average molecular weight is 414 g/mol. The van der Waals surface area contributed by atoms with Crippen molar-refractivity contribution in [2.75, 3.05) is 26.2 Å². The van der Waals surface area contributed by atoms with Crippen LogP contribution in [0, 0.1) is 17.8 Å². The summed E-state index contributed by atoms with van der Waals surface area (Å²) in [5, 5.41) is 12.5. The van der Waals surface area contributed by atoms with Crippen LogP contribution in [-0.2, 0) is 24.0 Å². The monoisotopic (exact) mass is 413 g/mol. The van der Waals surface area contributed by atoms with Gasteiger partial charge in [-0.15, -0.1) is 0 Å². The van der Waals surface area contributed by atoms with Crippen molar-refractivity contribution in [1.29, 1.82) is 0 Å². The summed E-state index contributed by atoms with van der Waals surface area (Å²) in [4.78, 5) is 59.4. The minimum absolute atomic E-state index is 0.149. The molecule has 0 radical (unpaired) electrons. The Morgan fingerprint density at radius 3 is 1.59 bits per heavy atom. The summed E-state index contributed by atoms with van der Waals surface area (Å²) in [5.41, 5.74) is 0. The minimum atomic E-state index is -0.847. The Morgan fingerprint density at radius 1 is 0.621 bits per heavy atom. The molecule has 0 aromatic carbocycles. The number of carbonyl (C=O) groups is 5. The van der Waals surface area contributed by atoms with Crippen molar-refractivity contribution >= 4 is 29.5 Å². The van der Waals surface area contributed by atoms with E-state index in [1.807, 2.05) is 13.8 Å². The van der Waals surface area contributed by atoms with Gasteiger partial charge >= 0.3 is 0 Å². The highest BCUT2D eigenvalue weighted by Crippen LogP contribution is 2.08. The van der Waals surface area contributed by atoms with Gasteiger partial charge in [-0.25, -0.2) is 0 Å². The Hall–Kier alpha value is -2.65. The van der Waals surface area contributed by atoms with Crippen molar-refractivity contribution in [3.8, 4) is 0 Å². The van der Waals surface area contributed by atoms with Crippen molar-refractivity contribution in [1.82, 2.24) is 26.6 Å². The molecule has 0 saturated heterocycles. The van der Waals surface area contributed by atoms with Gasteiger partial charge in [0.2, 0.25) is 29.5 Å². The molecule has 0 fully saturated rings. The number of hydrogen-bond donors (Lipinski definition) is 5. The molecule has 0 aromatic rings. The molecule has 0 saturated carbocycles. The van der Waals surface area contributed by atoms with Crippen LogP contribution >= 0.6 is 0 Å². The van der Waals surface area contributed by atoms with E-state index in [4.69, 9.17) is 0 Å². The molecule has 5 amide bonds. The molecule has 10 heteroatoms. The lowest BCUT2D eigenvalue weighted by molar-refractivity contribution is -0.132. The topological polar surface area (TPSA) is 146 Å². The summed E-state index contributed by atoms with van der Waals surface area (Å²) in [5.74, 6) is -2.40. The summed E-state index contributed by atoms with van der Waals surface area (Å²) in [6.07, 6.45) is 0.